The van der Waals surface area contributed by atoms with E-state index in [0.717, 1.165) is 4.88 Å². The summed E-state index contributed by atoms with van der Waals surface area (Å²) in [6.45, 7) is 1.41. The van der Waals surface area contributed by atoms with Gasteiger partial charge in [-0.05, 0) is 23.6 Å². The highest BCUT2D eigenvalue weighted by Gasteiger charge is 2.24. The third-order valence-corrected chi connectivity index (χ3v) is 5.40. The predicted octanol–water partition coefficient (Wildman–Crippen LogP) is 2.78. The summed E-state index contributed by atoms with van der Waals surface area (Å²) < 4.78 is 8.27. The lowest BCUT2D eigenvalue weighted by Gasteiger charge is -2.12. The fourth-order valence-corrected chi connectivity index (χ4v) is 3.72. The molecule has 148 valence electrons. The number of carbonyl (C=O) groups is 1. The maximum absolute atomic E-state index is 13.0. The van der Waals surface area contributed by atoms with Crippen LogP contribution in [0.4, 0.5) is 0 Å². The molecule has 1 N–H and O–H groups in total. The Morgan fingerprint density at radius 2 is 2.00 bits per heavy atom. The van der Waals surface area contributed by atoms with Gasteiger partial charge in [-0.2, -0.15) is 9.78 Å². The molecule has 1 aromatic heterocycles. The molecule has 0 atom stereocenters. The summed E-state index contributed by atoms with van der Waals surface area (Å²) >= 11 is 1.58. The summed E-state index contributed by atoms with van der Waals surface area (Å²) in [7, 11) is 1.61. The van der Waals surface area contributed by atoms with Crippen LogP contribution in [0.3, 0.4) is 0 Å². The SMILES string of the molecule is COCCn1cc(C(=O)NCc2cccs2)c2nn(-c3ccccc3)c(=O)c-2c1. The van der Waals surface area contributed by atoms with Gasteiger partial charge in [0.1, 0.15) is 5.69 Å². The van der Waals surface area contributed by atoms with Crippen LogP contribution in [0.15, 0.2) is 65.0 Å². The minimum absolute atomic E-state index is 0.259. The van der Waals surface area contributed by atoms with Crippen molar-refractivity contribution in [2.75, 3.05) is 13.7 Å². The third-order valence-electron chi connectivity index (χ3n) is 4.53. The molecular weight excluding hydrogens is 388 g/mol. The van der Waals surface area contributed by atoms with Crippen molar-refractivity contribution in [3.05, 3.63) is 81.0 Å². The zero-order valence-electron chi connectivity index (χ0n) is 15.9. The van der Waals surface area contributed by atoms with Gasteiger partial charge in [0.15, 0.2) is 0 Å². The Morgan fingerprint density at radius 3 is 2.72 bits per heavy atom. The largest absolute Gasteiger partial charge is 0.383 e. The molecule has 8 heteroatoms. The van der Waals surface area contributed by atoms with E-state index in [1.54, 1.807) is 35.4 Å². The number of methoxy groups -OCH3 is 1. The number of amides is 1. The first-order chi connectivity index (χ1) is 14.2. The molecule has 0 bridgehead atoms. The predicted molar refractivity (Wildman–Crippen MR) is 112 cm³/mol. The Morgan fingerprint density at radius 1 is 1.17 bits per heavy atom. The van der Waals surface area contributed by atoms with Gasteiger partial charge >= 0.3 is 0 Å². The van der Waals surface area contributed by atoms with Gasteiger partial charge in [-0.15, -0.1) is 11.3 Å². The van der Waals surface area contributed by atoms with Crippen LogP contribution in [0.5, 0.6) is 0 Å². The maximum atomic E-state index is 13.0. The van der Waals surface area contributed by atoms with E-state index in [9.17, 15) is 9.59 Å². The van der Waals surface area contributed by atoms with E-state index in [1.165, 1.54) is 4.68 Å². The van der Waals surface area contributed by atoms with Gasteiger partial charge in [-0.25, -0.2) is 0 Å². The highest BCUT2D eigenvalue weighted by molar-refractivity contribution is 7.09. The first-order valence-corrected chi connectivity index (χ1v) is 10.0. The van der Waals surface area contributed by atoms with Crippen molar-refractivity contribution in [3.8, 4) is 16.9 Å². The number of carbonyl (C=O) groups excluding carboxylic acids is 1. The number of hydrogen-bond acceptors (Lipinski definition) is 5. The molecule has 4 rings (SSSR count). The lowest BCUT2D eigenvalue weighted by Crippen LogP contribution is -2.24. The van der Waals surface area contributed by atoms with Crippen molar-refractivity contribution in [3.63, 3.8) is 0 Å². The zero-order valence-corrected chi connectivity index (χ0v) is 16.7. The number of nitrogens with zero attached hydrogens (tertiary/aromatic N) is 3. The van der Waals surface area contributed by atoms with Crippen LogP contribution < -0.4 is 10.9 Å². The van der Waals surface area contributed by atoms with E-state index in [1.807, 2.05) is 47.8 Å². The molecule has 1 aromatic carbocycles. The normalized spacial score (nSPS) is 11.1. The molecule has 7 nitrogen and oxygen atoms in total. The van der Waals surface area contributed by atoms with Gasteiger partial charge in [0.25, 0.3) is 11.5 Å². The van der Waals surface area contributed by atoms with Gasteiger partial charge in [0.2, 0.25) is 0 Å². The lowest BCUT2D eigenvalue weighted by atomic mass is 10.1. The Kier molecular flexibility index (Phi) is 5.55. The number of aromatic nitrogens is 3. The van der Waals surface area contributed by atoms with Gasteiger partial charge in [-0.3, -0.25) is 9.59 Å². The van der Waals surface area contributed by atoms with Crippen LogP contribution in [0.2, 0.25) is 0 Å². The van der Waals surface area contributed by atoms with Crippen molar-refractivity contribution in [1.29, 1.82) is 0 Å². The van der Waals surface area contributed by atoms with E-state index >= 15 is 0 Å². The molecule has 2 aliphatic heterocycles. The zero-order chi connectivity index (χ0) is 20.2. The summed E-state index contributed by atoms with van der Waals surface area (Å²) in [6, 6.07) is 13.1. The molecule has 0 aliphatic carbocycles. The number of fused-ring (bicyclic) bond motifs is 1. The monoisotopic (exact) mass is 408 g/mol. The summed E-state index contributed by atoms with van der Waals surface area (Å²) in [5.74, 6) is -0.270. The Hall–Kier alpha value is -3.23. The number of para-hydroxylation sites is 1. The molecule has 0 saturated carbocycles. The second kappa shape index (κ2) is 8.42. The van der Waals surface area contributed by atoms with Gasteiger partial charge in [0.05, 0.1) is 30.0 Å². The Labute approximate surface area is 171 Å². The molecule has 1 amide bonds. The smallest absolute Gasteiger partial charge is 0.282 e. The maximum Gasteiger partial charge on any atom is 0.282 e. The van der Waals surface area contributed by atoms with Crippen molar-refractivity contribution in [1.82, 2.24) is 19.7 Å². The highest BCUT2D eigenvalue weighted by Crippen LogP contribution is 2.22. The summed E-state index contributed by atoms with van der Waals surface area (Å²) in [6.07, 6.45) is 3.44. The molecule has 3 heterocycles. The van der Waals surface area contributed by atoms with Gasteiger partial charge < -0.3 is 14.6 Å². The topological polar surface area (TPSA) is 78.2 Å². The van der Waals surface area contributed by atoms with E-state index in [0.29, 0.717) is 42.2 Å². The minimum atomic E-state index is -0.270. The van der Waals surface area contributed by atoms with E-state index in [4.69, 9.17) is 4.74 Å². The molecule has 0 spiro atoms. The number of nitrogens with one attached hydrogen (secondary N) is 1. The molecule has 0 saturated heterocycles. The molecule has 0 radical (unpaired) electrons. The number of hydrogen-bond donors (Lipinski definition) is 1. The van der Waals surface area contributed by atoms with E-state index in [-0.39, 0.29) is 11.5 Å². The van der Waals surface area contributed by atoms with Gasteiger partial charge in [0, 0.05) is 30.9 Å². The summed E-state index contributed by atoms with van der Waals surface area (Å²) in [5, 5.41) is 9.36. The fourth-order valence-electron chi connectivity index (χ4n) is 3.07. The van der Waals surface area contributed by atoms with Crippen LogP contribution in [0.25, 0.3) is 16.9 Å². The van der Waals surface area contributed by atoms with E-state index < -0.39 is 0 Å². The quantitative estimate of drug-likeness (QED) is 0.510. The highest BCUT2D eigenvalue weighted by atomic mass is 32.1. The van der Waals surface area contributed by atoms with Crippen LogP contribution in [0.1, 0.15) is 15.2 Å². The van der Waals surface area contributed by atoms with Gasteiger partial charge in [-0.1, -0.05) is 24.3 Å². The first kappa shape index (κ1) is 19.1. The number of ether oxygens (including phenoxy) is 1. The number of rotatable bonds is 7. The Balaban J connectivity index is 1.76. The van der Waals surface area contributed by atoms with E-state index in [2.05, 4.69) is 10.4 Å². The molecule has 29 heavy (non-hydrogen) atoms. The number of thiophene rings is 1. The van der Waals surface area contributed by atoms with Crippen LogP contribution in [-0.4, -0.2) is 34.0 Å². The molecule has 0 fully saturated rings. The average molecular weight is 408 g/mol. The van der Waals surface area contributed by atoms with Crippen LogP contribution in [0, 0.1) is 0 Å². The standard InChI is InChI=1S/C21H20N4O3S/c1-28-10-9-24-13-17(20(26)22-12-16-8-5-11-29-16)19-18(14-24)21(27)25(23-19)15-6-3-2-4-7-15/h2-8,11,13-14H,9-10,12H2,1H3,(H,22,26). The van der Waals surface area contributed by atoms with Crippen LogP contribution >= 0.6 is 11.3 Å². The molecule has 0 unspecified atom stereocenters. The third kappa shape index (κ3) is 3.98. The van der Waals surface area contributed by atoms with Crippen molar-refractivity contribution in [2.24, 2.45) is 0 Å². The Bertz CT molecular complexity index is 1130. The fraction of sp³-hybridized carbons (Fsp3) is 0.190. The summed E-state index contributed by atoms with van der Waals surface area (Å²) in [5.41, 5.74) is 1.54. The second-order valence-corrected chi connectivity index (χ2v) is 7.51. The van der Waals surface area contributed by atoms with Crippen molar-refractivity contribution in [2.45, 2.75) is 13.1 Å². The molecule has 2 aliphatic rings. The first-order valence-electron chi connectivity index (χ1n) is 9.15. The lowest BCUT2D eigenvalue weighted by molar-refractivity contribution is 0.0950. The molecular formula is C21H20N4O3S. The average Bonchev–Trinajstić information content (AvgIpc) is 3.39. The number of pyridine rings is 1. The minimum Gasteiger partial charge on any atom is -0.383 e. The van der Waals surface area contributed by atoms with Crippen molar-refractivity contribution < 1.29 is 9.53 Å². The van der Waals surface area contributed by atoms with Crippen molar-refractivity contribution >= 4 is 17.2 Å². The number of benzene rings is 1. The molecule has 2 aromatic rings. The summed E-state index contributed by atoms with van der Waals surface area (Å²) in [4.78, 5) is 27.0. The second-order valence-electron chi connectivity index (χ2n) is 6.48. The van der Waals surface area contributed by atoms with Crippen LogP contribution in [-0.2, 0) is 17.8 Å².